The van der Waals surface area contributed by atoms with Crippen molar-refractivity contribution >= 4 is 17.6 Å². The Morgan fingerprint density at radius 3 is 2.54 bits per heavy atom. The Hall–Kier alpha value is -3.56. The Balaban J connectivity index is 1.78. The number of hydrogen-bond donors (Lipinski definition) is 0. The number of benzene rings is 1. The molecule has 26 heavy (non-hydrogen) atoms. The highest BCUT2D eigenvalue weighted by molar-refractivity contribution is 5.95. The van der Waals surface area contributed by atoms with Gasteiger partial charge in [0.25, 0.3) is 5.69 Å². The smallest absolute Gasteiger partial charge is 0.345 e. The van der Waals surface area contributed by atoms with Crippen LogP contribution in [0.1, 0.15) is 33.4 Å². The van der Waals surface area contributed by atoms with Crippen molar-refractivity contribution in [2.45, 2.75) is 13.5 Å². The fourth-order valence-electron chi connectivity index (χ4n) is 2.30. The average Bonchev–Trinajstić information content (AvgIpc) is 3.27. The van der Waals surface area contributed by atoms with Crippen LogP contribution >= 0.6 is 0 Å². The number of esters is 2. The maximum atomic E-state index is 12.3. The summed E-state index contributed by atoms with van der Waals surface area (Å²) >= 11 is 0. The largest absolute Gasteiger partial charge is 0.465 e. The number of nitro groups is 1. The number of carbonyl (C=O) groups excluding carboxylic acids is 2. The van der Waals surface area contributed by atoms with Crippen molar-refractivity contribution in [3.8, 4) is 11.5 Å². The number of hydrogen-bond acceptors (Lipinski definition) is 9. The molecule has 2 aromatic rings. The first-order chi connectivity index (χ1) is 12.5. The first-order valence-electron chi connectivity index (χ1n) is 7.50. The van der Waals surface area contributed by atoms with Crippen molar-refractivity contribution in [1.29, 1.82) is 0 Å². The maximum Gasteiger partial charge on any atom is 0.345 e. The molecule has 0 radical (unpaired) electrons. The minimum atomic E-state index is -0.971. The lowest BCUT2D eigenvalue weighted by Gasteiger charge is -2.06. The summed E-state index contributed by atoms with van der Waals surface area (Å²) in [4.78, 5) is 34.5. The number of nitrogens with zero attached hydrogens (tertiary/aromatic N) is 1. The molecular formula is C16H13NO9. The summed E-state index contributed by atoms with van der Waals surface area (Å²) in [5.74, 6) is -1.15. The van der Waals surface area contributed by atoms with Crippen molar-refractivity contribution in [3.05, 3.63) is 51.5 Å². The zero-order chi connectivity index (χ0) is 18.7. The van der Waals surface area contributed by atoms with E-state index in [-0.39, 0.29) is 41.8 Å². The Labute approximate surface area is 146 Å². The van der Waals surface area contributed by atoms with Crippen LogP contribution in [0, 0.1) is 10.1 Å². The van der Waals surface area contributed by atoms with Crippen LogP contribution in [-0.2, 0) is 16.1 Å². The maximum absolute atomic E-state index is 12.3. The van der Waals surface area contributed by atoms with Crippen LogP contribution in [0.4, 0.5) is 5.69 Å². The second kappa shape index (κ2) is 7.13. The molecule has 0 fully saturated rings. The molecule has 10 heteroatoms. The van der Waals surface area contributed by atoms with Crippen molar-refractivity contribution in [2.24, 2.45) is 0 Å². The fraction of sp³-hybridized carbons (Fsp3) is 0.250. The van der Waals surface area contributed by atoms with Gasteiger partial charge in [-0.25, -0.2) is 9.59 Å². The van der Waals surface area contributed by atoms with Crippen molar-refractivity contribution in [2.75, 3.05) is 13.4 Å². The molecule has 0 saturated carbocycles. The van der Waals surface area contributed by atoms with Crippen LogP contribution in [0.3, 0.4) is 0 Å². The van der Waals surface area contributed by atoms with Crippen molar-refractivity contribution in [3.63, 3.8) is 0 Å². The van der Waals surface area contributed by atoms with Gasteiger partial charge >= 0.3 is 11.9 Å². The highest BCUT2D eigenvalue weighted by Crippen LogP contribution is 2.38. The molecule has 1 aliphatic heterocycles. The molecule has 0 atom stereocenters. The van der Waals surface area contributed by atoms with Gasteiger partial charge in [-0.05, 0) is 13.0 Å². The topological polar surface area (TPSA) is 127 Å². The summed E-state index contributed by atoms with van der Waals surface area (Å²) in [5, 5.41) is 11.2. The highest BCUT2D eigenvalue weighted by atomic mass is 16.7. The number of nitro benzene ring substituents is 1. The van der Waals surface area contributed by atoms with Gasteiger partial charge in [0.15, 0.2) is 23.9 Å². The lowest BCUT2D eigenvalue weighted by Crippen LogP contribution is -2.11. The molecule has 0 amide bonds. The van der Waals surface area contributed by atoms with Gasteiger partial charge in [-0.1, -0.05) is 0 Å². The van der Waals surface area contributed by atoms with Gasteiger partial charge in [0.2, 0.25) is 6.79 Å². The third kappa shape index (κ3) is 3.29. The highest BCUT2D eigenvalue weighted by Gasteiger charge is 2.28. The summed E-state index contributed by atoms with van der Waals surface area (Å²) in [6, 6.07) is 3.65. The van der Waals surface area contributed by atoms with E-state index in [2.05, 4.69) is 0 Å². The van der Waals surface area contributed by atoms with E-state index in [1.165, 1.54) is 18.4 Å². The molecule has 3 rings (SSSR count). The van der Waals surface area contributed by atoms with Gasteiger partial charge in [0, 0.05) is 6.07 Å². The van der Waals surface area contributed by atoms with Gasteiger partial charge in [-0.3, -0.25) is 10.1 Å². The number of fused-ring (bicyclic) bond motifs is 1. The first-order valence-corrected chi connectivity index (χ1v) is 7.50. The van der Waals surface area contributed by atoms with Crippen molar-refractivity contribution in [1.82, 2.24) is 0 Å². The lowest BCUT2D eigenvalue weighted by atomic mass is 10.1. The summed E-state index contributed by atoms with van der Waals surface area (Å²) in [7, 11) is 0. The second-order valence-corrected chi connectivity index (χ2v) is 5.03. The number of rotatable bonds is 6. The van der Waals surface area contributed by atoms with Crippen LogP contribution in [0.15, 0.2) is 28.9 Å². The molecule has 1 aromatic heterocycles. The van der Waals surface area contributed by atoms with E-state index < -0.39 is 29.2 Å². The van der Waals surface area contributed by atoms with E-state index in [1.54, 1.807) is 6.92 Å². The van der Waals surface area contributed by atoms with Crippen LogP contribution in [-0.4, -0.2) is 30.3 Å². The third-order valence-corrected chi connectivity index (χ3v) is 3.48. The average molecular weight is 363 g/mol. The summed E-state index contributed by atoms with van der Waals surface area (Å²) < 4.78 is 25.2. The molecule has 10 nitrogen and oxygen atoms in total. The van der Waals surface area contributed by atoms with Gasteiger partial charge in [-0.15, -0.1) is 0 Å². The monoisotopic (exact) mass is 363 g/mol. The van der Waals surface area contributed by atoms with E-state index in [9.17, 15) is 19.7 Å². The summed E-state index contributed by atoms with van der Waals surface area (Å²) in [6.45, 7) is 1.33. The van der Waals surface area contributed by atoms with Crippen LogP contribution < -0.4 is 9.47 Å². The zero-order valence-electron chi connectivity index (χ0n) is 13.6. The third-order valence-electron chi connectivity index (χ3n) is 3.48. The molecular weight excluding hydrogens is 350 g/mol. The predicted octanol–water partition coefficient (Wildman–Crippen LogP) is 2.45. The first kappa shape index (κ1) is 17.3. The molecule has 2 heterocycles. The molecule has 0 aliphatic carbocycles. The van der Waals surface area contributed by atoms with E-state index in [0.717, 1.165) is 6.07 Å². The molecule has 0 spiro atoms. The molecule has 0 saturated heterocycles. The minimum absolute atomic E-state index is 0.0696. The fourth-order valence-corrected chi connectivity index (χ4v) is 2.30. The standard InChI is InChI=1S/C16H13NO9/c1-2-22-15(18)9-3-4-23-14(9)7-24-16(19)10-5-12-13(26-8-25-12)6-11(10)17(20)21/h3-6H,2,7-8H2,1H3. The predicted molar refractivity (Wildman–Crippen MR) is 83.0 cm³/mol. The summed E-state index contributed by atoms with van der Waals surface area (Å²) in [6.07, 6.45) is 1.25. The van der Waals surface area contributed by atoms with E-state index >= 15 is 0 Å². The van der Waals surface area contributed by atoms with Gasteiger partial charge in [-0.2, -0.15) is 0 Å². The quantitative estimate of drug-likeness (QED) is 0.432. The summed E-state index contributed by atoms with van der Waals surface area (Å²) in [5.41, 5.74) is -0.673. The van der Waals surface area contributed by atoms with Crippen LogP contribution in [0.25, 0.3) is 0 Å². The van der Waals surface area contributed by atoms with Gasteiger partial charge < -0.3 is 23.4 Å². The van der Waals surface area contributed by atoms with Crippen LogP contribution in [0.5, 0.6) is 11.5 Å². The number of ether oxygens (including phenoxy) is 4. The molecule has 136 valence electrons. The molecule has 1 aliphatic rings. The number of carbonyl (C=O) groups is 2. The van der Waals surface area contributed by atoms with Gasteiger partial charge in [0.05, 0.1) is 23.9 Å². The van der Waals surface area contributed by atoms with Crippen molar-refractivity contribution < 1.29 is 37.9 Å². The Morgan fingerprint density at radius 2 is 1.85 bits per heavy atom. The van der Waals surface area contributed by atoms with E-state index in [0.29, 0.717) is 0 Å². The number of furan rings is 1. The van der Waals surface area contributed by atoms with E-state index in [4.69, 9.17) is 23.4 Å². The zero-order valence-corrected chi connectivity index (χ0v) is 13.6. The van der Waals surface area contributed by atoms with E-state index in [1.807, 2.05) is 0 Å². The normalized spacial score (nSPS) is 11.9. The Morgan fingerprint density at radius 1 is 1.15 bits per heavy atom. The molecule has 0 N–H and O–H groups in total. The SMILES string of the molecule is CCOC(=O)c1ccoc1COC(=O)c1cc2c(cc1[N+](=O)[O-])OCO2. The Kier molecular flexibility index (Phi) is 4.74. The second-order valence-electron chi connectivity index (χ2n) is 5.03. The molecule has 1 aromatic carbocycles. The minimum Gasteiger partial charge on any atom is -0.465 e. The molecule has 0 unspecified atom stereocenters. The lowest BCUT2D eigenvalue weighted by molar-refractivity contribution is -0.385. The Bertz CT molecular complexity index is 871. The van der Waals surface area contributed by atoms with Crippen LogP contribution in [0.2, 0.25) is 0 Å². The van der Waals surface area contributed by atoms with Gasteiger partial charge in [0.1, 0.15) is 11.1 Å². The molecule has 0 bridgehead atoms.